The van der Waals surface area contributed by atoms with Gasteiger partial charge in [-0.15, -0.1) is 11.6 Å². The molecule has 0 aliphatic rings. The SMILES string of the molecule is CC(C)(c1ccc(OCc2ccnc(CS(C)(=O)=O)n2)cc1)c1cc(F)c(OCCCl)c(F)c1. The van der Waals surface area contributed by atoms with Crippen molar-refractivity contribution in [1.82, 2.24) is 9.97 Å². The van der Waals surface area contributed by atoms with Crippen molar-refractivity contribution in [3.05, 3.63) is 82.9 Å². The van der Waals surface area contributed by atoms with Crippen molar-refractivity contribution in [1.29, 1.82) is 0 Å². The lowest BCUT2D eigenvalue weighted by Crippen LogP contribution is -2.20. The lowest BCUT2D eigenvalue weighted by molar-refractivity contribution is 0.300. The summed E-state index contributed by atoms with van der Waals surface area (Å²) in [5, 5.41) is 0. The van der Waals surface area contributed by atoms with Crippen LogP contribution in [0.5, 0.6) is 11.5 Å². The molecular weight excluding hydrogens is 486 g/mol. The predicted octanol–water partition coefficient (Wildman–Crippen LogP) is 4.82. The first-order valence-electron chi connectivity index (χ1n) is 10.4. The number of sulfone groups is 1. The number of nitrogens with zero attached hydrogens (tertiary/aromatic N) is 2. The molecule has 0 unspecified atom stereocenters. The van der Waals surface area contributed by atoms with Gasteiger partial charge in [-0.2, -0.15) is 0 Å². The molecule has 0 aliphatic heterocycles. The fourth-order valence-electron chi connectivity index (χ4n) is 3.32. The summed E-state index contributed by atoms with van der Waals surface area (Å²) in [6, 6.07) is 11.3. The molecule has 34 heavy (non-hydrogen) atoms. The van der Waals surface area contributed by atoms with Gasteiger partial charge in [0.15, 0.2) is 27.2 Å². The second-order valence-electron chi connectivity index (χ2n) is 8.28. The van der Waals surface area contributed by atoms with Gasteiger partial charge in [-0.25, -0.2) is 27.2 Å². The number of hydrogen-bond acceptors (Lipinski definition) is 6. The van der Waals surface area contributed by atoms with Crippen molar-refractivity contribution in [2.24, 2.45) is 0 Å². The third-order valence-corrected chi connectivity index (χ3v) is 6.10. The molecule has 0 N–H and O–H groups in total. The number of benzene rings is 2. The minimum absolute atomic E-state index is 0.00757. The van der Waals surface area contributed by atoms with Crippen LogP contribution in [-0.4, -0.2) is 37.1 Å². The van der Waals surface area contributed by atoms with Crippen molar-refractivity contribution in [3.8, 4) is 11.5 Å². The van der Waals surface area contributed by atoms with Gasteiger partial charge < -0.3 is 9.47 Å². The molecule has 0 amide bonds. The molecule has 0 radical (unpaired) electrons. The Labute approximate surface area is 202 Å². The number of rotatable bonds is 10. The fraction of sp³-hybridized carbons (Fsp3) is 0.333. The van der Waals surface area contributed by atoms with E-state index >= 15 is 0 Å². The summed E-state index contributed by atoms with van der Waals surface area (Å²) in [7, 11) is -3.24. The van der Waals surface area contributed by atoms with Crippen LogP contribution in [0.4, 0.5) is 8.78 Å². The first-order chi connectivity index (χ1) is 16.0. The smallest absolute Gasteiger partial charge is 0.190 e. The minimum Gasteiger partial charge on any atom is -0.487 e. The molecule has 1 aromatic heterocycles. The molecule has 3 aromatic rings. The Bertz CT molecular complexity index is 1230. The second-order valence-corrected chi connectivity index (χ2v) is 10.8. The van der Waals surface area contributed by atoms with Crippen LogP contribution in [-0.2, 0) is 27.6 Å². The lowest BCUT2D eigenvalue weighted by atomic mass is 9.78. The number of aromatic nitrogens is 2. The molecule has 6 nitrogen and oxygen atoms in total. The summed E-state index contributed by atoms with van der Waals surface area (Å²) in [5.74, 6) is -1.36. The van der Waals surface area contributed by atoms with Gasteiger partial charge in [-0.05, 0) is 41.5 Å². The van der Waals surface area contributed by atoms with Crippen molar-refractivity contribution in [3.63, 3.8) is 0 Å². The summed E-state index contributed by atoms with van der Waals surface area (Å²) in [5.41, 5.74) is 1.12. The lowest BCUT2D eigenvalue weighted by Gasteiger charge is -2.27. The van der Waals surface area contributed by atoms with Crippen LogP contribution in [0.3, 0.4) is 0 Å². The molecule has 182 valence electrons. The van der Waals surface area contributed by atoms with E-state index in [1.807, 2.05) is 26.0 Å². The summed E-state index contributed by atoms with van der Waals surface area (Å²) in [6.45, 7) is 3.86. The maximum Gasteiger partial charge on any atom is 0.190 e. The monoisotopic (exact) mass is 510 g/mol. The first-order valence-corrected chi connectivity index (χ1v) is 13.0. The Morgan fingerprint density at radius 3 is 2.24 bits per heavy atom. The summed E-state index contributed by atoms with van der Waals surface area (Å²) in [6.07, 6.45) is 2.61. The van der Waals surface area contributed by atoms with E-state index in [0.717, 1.165) is 11.8 Å². The molecule has 0 spiro atoms. The van der Waals surface area contributed by atoms with Crippen LogP contribution in [0.1, 0.15) is 36.5 Å². The van der Waals surface area contributed by atoms with Gasteiger partial charge in [0.1, 0.15) is 30.5 Å². The second kappa shape index (κ2) is 10.7. The summed E-state index contributed by atoms with van der Waals surface area (Å²) >= 11 is 5.53. The summed E-state index contributed by atoms with van der Waals surface area (Å²) < 4.78 is 62.6. The average Bonchev–Trinajstić information content (AvgIpc) is 2.76. The largest absolute Gasteiger partial charge is 0.487 e. The molecule has 10 heteroatoms. The van der Waals surface area contributed by atoms with E-state index in [1.165, 1.54) is 18.3 Å². The van der Waals surface area contributed by atoms with E-state index in [1.54, 1.807) is 18.2 Å². The fourth-order valence-corrected chi connectivity index (χ4v) is 4.00. The molecule has 2 aromatic carbocycles. The maximum atomic E-state index is 14.5. The molecule has 0 atom stereocenters. The molecule has 0 saturated heterocycles. The minimum atomic E-state index is -3.24. The Morgan fingerprint density at radius 1 is 1.00 bits per heavy atom. The zero-order valence-electron chi connectivity index (χ0n) is 19.0. The van der Waals surface area contributed by atoms with E-state index in [2.05, 4.69) is 9.97 Å². The van der Waals surface area contributed by atoms with Gasteiger partial charge in [0.05, 0.1) is 11.6 Å². The van der Waals surface area contributed by atoms with Gasteiger partial charge in [-0.1, -0.05) is 26.0 Å². The Morgan fingerprint density at radius 2 is 1.65 bits per heavy atom. The quantitative estimate of drug-likeness (QED) is 0.364. The molecule has 0 bridgehead atoms. The number of ether oxygens (including phenoxy) is 2. The standard InChI is InChI=1S/C24H25ClF2N2O4S/c1-24(2,17-12-20(26)23(21(27)13-17)32-11-9-25)16-4-6-19(7-5-16)33-14-18-8-10-28-22(29-18)15-34(3,30)31/h4-8,10,12-13H,9,11,14-15H2,1-3H3. The van der Waals surface area contributed by atoms with Gasteiger partial charge in [-0.3, -0.25) is 0 Å². The molecular formula is C24H25ClF2N2O4S. The average molecular weight is 511 g/mol. The first kappa shape index (κ1) is 25.8. The third kappa shape index (κ3) is 6.64. The van der Waals surface area contributed by atoms with Crippen LogP contribution in [0.2, 0.25) is 0 Å². The topological polar surface area (TPSA) is 78.4 Å². The number of hydrogen-bond donors (Lipinski definition) is 0. The van der Waals surface area contributed by atoms with Crippen molar-refractivity contribution in [2.45, 2.75) is 31.6 Å². The normalized spacial score (nSPS) is 11.9. The number of alkyl halides is 1. The van der Waals surface area contributed by atoms with E-state index in [9.17, 15) is 17.2 Å². The highest BCUT2D eigenvalue weighted by molar-refractivity contribution is 7.89. The zero-order chi connectivity index (χ0) is 24.9. The van der Waals surface area contributed by atoms with Gasteiger partial charge in [0.25, 0.3) is 0 Å². The van der Waals surface area contributed by atoms with Crippen LogP contribution in [0.25, 0.3) is 0 Å². The zero-order valence-corrected chi connectivity index (χ0v) is 20.6. The van der Waals surface area contributed by atoms with Crippen molar-refractivity contribution in [2.75, 3.05) is 18.7 Å². The molecule has 0 fully saturated rings. The van der Waals surface area contributed by atoms with Crippen LogP contribution >= 0.6 is 11.6 Å². The van der Waals surface area contributed by atoms with E-state index < -0.39 is 32.6 Å². The van der Waals surface area contributed by atoms with Gasteiger partial charge >= 0.3 is 0 Å². The van der Waals surface area contributed by atoms with Gasteiger partial charge in [0, 0.05) is 17.9 Å². The van der Waals surface area contributed by atoms with E-state index in [-0.39, 0.29) is 30.7 Å². The molecule has 0 saturated carbocycles. The maximum absolute atomic E-state index is 14.5. The highest BCUT2D eigenvalue weighted by Crippen LogP contribution is 2.36. The van der Waals surface area contributed by atoms with E-state index in [4.69, 9.17) is 21.1 Å². The Balaban J connectivity index is 1.72. The van der Waals surface area contributed by atoms with Gasteiger partial charge in [0.2, 0.25) is 0 Å². The predicted molar refractivity (Wildman–Crippen MR) is 126 cm³/mol. The van der Waals surface area contributed by atoms with E-state index in [0.29, 0.717) is 17.0 Å². The number of halogens is 3. The third-order valence-electron chi connectivity index (χ3n) is 5.16. The Kier molecular flexibility index (Phi) is 8.09. The van der Waals surface area contributed by atoms with Crippen LogP contribution < -0.4 is 9.47 Å². The van der Waals surface area contributed by atoms with Crippen LogP contribution in [0.15, 0.2) is 48.7 Å². The molecule has 0 aliphatic carbocycles. The van der Waals surface area contributed by atoms with Crippen LogP contribution in [0, 0.1) is 11.6 Å². The van der Waals surface area contributed by atoms with Crippen molar-refractivity contribution < 1.29 is 26.7 Å². The highest BCUT2D eigenvalue weighted by atomic mass is 35.5. The molecule has 1 heterocycles. The highest BCUT2D eigenvalue weighted by Gasteiger charge is 2.26. The molecule has 3 rings (SSSR count). The Hall–Kier alpha value is -2.78. The van der Waals surface area contributed by atoms with Crippen molar-refractivity contribution >= 4 is 21.4 Å². The summed E-state index contributed by atoms with van der Waals surface area (Å²) in [4.78, 5) is 8.17.